The molecule has 7 heteroatoms. The highest BCUT2D eigenvalue weighted by atomic mass is 127. The minimum Gasteiger partial charge on any atom is -0.505 e. The minimum absolute atomic E-state index is 0.163. The van der Waals surface area contributed by atoms with Gasteiger partial charge < -0.3 is 10.2 Å². The lowest BCUT2D eigenvalue weighted by molar-refractivity contribution is 0.0696. The van der Waals surface area contributed by atoms with E-state index in [4.69, 9.17) is 23.2 Å². The van der Waals surface area contributed by atoms with Crippen LogP contribution in [0.1, 0.15) is 10.4 Å². The molecule has 0 bridgehead atoms. The fraction of sp³-hybridized carbons (Fsp3) is 0. The van der Waals surface area contributed by atoms with Crippen molar-refractivity contribution in [3.05, 3.63) is 55.6 Å². The summed E-state index contributed by atoms with van der Waals surface area (Å²) >= 11 is 14.2. The Kier molecular flexibility index (Phi) is 4.35. The van der Waals surface area contributed by atoms with Gasteiger partial charge in [-0.1, -0.05) is 35.3 Å². The zero-order valence-corrected chi connectivity index (χ0v) is 15.0. The van der Waals surface area contributed by atoms with Crippen molar-refractivity contribution in [1.29, 1.82) is 0 Å². The monoisotopic (exact) mass is 459 g/mol. The number of aromatic nitrogens is 1. The maximum atomic E-state index is 11.6. The van der Waals surface area contributed by atoms with Crippen LogP contribution in [0.3, 0.4) is 0 Å². The second-order valence-corrected chi connectivity index (χ2v) is 6.87. The van der Waals surface area contributed by atoms with E-state index >= 15 is 0 Å². The van der Waals surface area contributed by atoms with E-state index in [1.54, 1.807) is 12.1 Å². The number of rotatable bonds is 2. The second-order valence-electron chi connectivity index (χ2n) is 4.78. The van der Waals surface area contributed by atoms with Crippen molar-refractivity contribution in [2.45, 2.75) is 0 Å². The highest BCUT2D eigenvalue weighted by Crippen LogP contribution is 2.38. The molecule has 1 aromatic heterocycles. The van der Waals surface area contributed by atoms with E-state index in [1.807, 2.05) is 12.1 Å². The van der Waals surface area contributed by atoms with Gasteiger partial charge >= 0.3 is 5.97 Å². The Morgan fingerprint density at radius 3 is 2.39 bits per heavy atom. The van der Waals surface area contributed by atoms with Crippen LogP contribution >= 0.6 is 45.8 Å². The van der Waals surface area contributed by atoms with Crippen molar-refractivity contribution in [1.82, 2.24) is 4.98 Å². The van der Waals surface area contributed by atoms with Crippen LogP contribution in [-0.2, 0) is 0 Å². The molecule has 0 unspecified atom stereocenters. The fourth-order valence-corrected chi connectivity index (χ4v) is 3.20. The zero-order chi connectivity index (χ0) is 16.7. The highest BCUT2D eigenvalue weighted by Gasteiger charge is 2.22. The summed E-state index contributed by atoms with van der Waals surface area (Å²) in [6.45, 7) is 0. The third kappa shape index (κ3) is 2.96. The molecule has 2 aromatic carbocycles. The molecule has 3 aromatic rings. The first kappa shape index (κ1) is 16.3. The van der Waals surface area contributed by atoms with Crippen molar-refractivity contribution in [3.8, 4) is 17.0 Å². The molecule has 3 rings (SSSR count). The molecule has 2 N–H and O–H groups in total. The maximum absolute atomic E-state index is 11.6. The summed E-state index contributed by atoms with van der Waals surface area (Å²) in [5.41, 5.74) is 0.765. The average Bonchev–Trinajstić information content (AvgIpc) is 2.47. The van der Waals surface area contributed by atoms with Gasteiger partial charge in [-0.25, -0.2) is 9.78 Å². The van der Waals surface area contributed by atoms with Gasteiger partial charge in [-0.05, 0) is 46.9 Å². The summed E-state index contributed by atoms with van der Waals surface area (Å²) in [4.78, 5) is 16.0. The molecule has 0 aliphatic carbocycles. The van der Waals surface area contributed by atoms with Gasteiger partial charge in [0.1, 0.15) is 11.3 Å². The summed E-state index contributed by atoms with van der Waals surface area (Å²) in [6, 6.07) is 10.1. The minimum atomic E-state index is -1.28. The van der Waals surface area contributed by atoms with E-state index in [2.05, 4.69) is 27.6 Å². The van der Waals surface area contributed by atoms with Crippen molar-refractivity contribution in [2.24, 2.45) is 0 Å². The van der Waals surface area contributed by atoms with Crippen molar-refractivity contribution < 1.29 is 15.0 Å². The number of carboxylic acid groups (broad SMARTS) is 1. The van der Waals surface area contributed by atoms with Crippen LogP contribution in [0.4, 0.5) is 0 Å². The summed E-state index contributed by atoms with van der Waals surface area (Å²) < 4.78 is 1.01. The largest absolute Gasteiger partial charge is 0.505 e. The molecule has 1 heterocycles. The lowest BCUT2D eigenvalue weighted by Gasteiger charge is -2.12. The van der Waals surface area contributed by atoms with E-state index in [0.29, 0.717) is 5.56 Å². The van der Waals surface area contributed by atoms with Gasteiger partial charge in [0.25, 0.3) is 0 Å². The summed E-state index contributed by atoms with van der Waals surface area (Å²) in [5, 5.41) is 20.6. The number of benzene rings is 2. The quantitative estimate of drug-likeness (QED) is 0.515. The van der Waals surface area contributed by atoms with Crippen molar-refractivity contribution in [2.75, 3.05) is 0 Å². The van der Waals surface area contributed by atoms with Crippen LogP contribution < -0.4 is 0 Å². The third-order valence-corrected chi connectivity index (χ3v) is 4.54. The van der Waals surface area contributed by atoms with E-state index < -0.39 is 11.7 Å². The lowest BCUT2D eigenvalue weighted by Crippen LogP contribution is -2.02. The molecule has 116 valence electrons. The van der Waals surface area contributed by atoms with Gasteiger partial charge in [0, 0.05) is 19.5 Å². The van der Waals surface area contributed by atoms with Crippen LogP contribution in [0.15, 0.2) is 36.4 Å². The van der Waals surface area contributed by atoms with E-state index in [9.17, 15) is 15.0 Å². The Balaban J connectivity index is 2.42. The molecule has 0 saturated heterocycles. The third-order valence-electron chi connectivity index (χ3n) is 3.31. The maximum Gasteiger partial charge on any atom is 0.340 e. The molecule has 0 spiro atoms. The molecule has 0 radical (unpaired) electrons. The molecule has 0 aliphatic heterocycles. The number of fused-ring (bicyclic) bond motifs is 1. The number of aromatic hydroxyl groups is 1. The van der Waals surface area contributed by atoms with E-state index in [-0.39, 0.29) is 32.2 Å². The molecule has 23 heavy (non-hydrogen) atoms. The van der Waals surface area contributed by atoms with E-state index in [0.717, 1.165) is 3.57 Å². The van der Waals surface area contributed by atoms with Crippen LogP contribution in [-0.4, -0.2) is 21.2 Å². The number of pyridine rings is 1. The van der Waals surface area contributed by atoms with Crippen molar-refractivity contribution in [3.63, 3.8) is 0 Å². The van der Waals surface area contributed by atoms with Crippen LogP contribution in [0.25, 0.3) is 22.2 Å². The summed E-state index contributed by atoms with van der Waals surface area (Å²) in [7, 11) is 0. The van der Waals surface area contributed by atoms with E-state index in [1.165, 1.54) is 12.1 Å². The Bertz CT molecular complexity index is 942. The van der Waals surface area contributed by atoms with Crippen LogP contribution in [0.5, 0.6) is 5.75 Å². The number of hydrogen-bond donors (Lipinski definition) is 2. The molecular weight excluding hydrogens is 452 g/mol. The number of carbonyl (C=O) groups is 1. The fourth-order valence-electron chi connectivity index (χ4n) is 2.31. The first-order valence-electron chi connectivity index (χ1n) is 6.39. The molecule has 0 amide bonds. The second kappa shape index (κ2) is 6.14. The van der Waals surface area contributed by atoms with Gasteiger partial charge in [0.05, 0.1) is 10.5 Å². The van der Waals surface area contributed by atoms with Gasteiger partial charge in [-0.15, -0.1) is 0 Å². The lowest BCUT2D eigenvalue weighted by atomic mass is 10.0. The zero-order valence-electron chi connectivity index (χ0n) is 11.3. The van der Waals surface area contributed by atoms with Crippen molar-refractivity contribution >= 4 is 62.7 Å². The normalized spacial score (nSPS) is 10.9. The predicted octanol–water partition coefficient (Wildman–Crippen LogP) is 5.22. The Morgan fingerprint density at radius 2 is 1.78 bits per heavy atom. The number of nitrogens with zero attached hydrogens (tertiary/aromatic N) is 1. The molecule has 4 nitrogen and oxygen atoms in total. The van der Waals surface area contributed by atoms with Gasteiger partial charge in [0.15, 0.2) is 5.75 Å². The number of hydrogen-bond acceptors (Lipinski definition) is 3. The molecule has 0 saturated carbocycles. The van der Waals surface area contributed by atoms with Gasteiger partial charge in [-0.3, -0.25) is 0 Å². The van der Waals surface area contributed by atoms with Crippen LogP contribution in [0, 0.1) is 3.57 Å². The Hall–Kier alpha value is -1.57. The number of carboxylic acids is 1. The number of aromatic carboxylic acids is 1. The smallest absolute Gasteiger partial charge is 0.340 e. The molecular formula is C16H8Cl2INO3. The Morgan fingerprint density at radius 1 is 1.13 bits per heavy atom. The SMILES string of the molecule is O=C(O)c1c(O)c(-c2ccc(I)cc2)nc2c(Cl)cc(Cl)cc12. The molecule has 0 fully saturated rings. The first-order chi connectivity index (χ1) is 10.9. The molecule has 0 atom stereocenters. The predicted molar refractivity (Wildman–Crippen MR) is 98.5 cm³/mol. The summed E-state index contributed by atoms with van der Waals surface area (Å²) in [5.74, 6) is -1.69. The average molecular weight is 460 g/mol. The molecule has 0 aliphatic rings. The standard InChI is InChI=1S/C16H8Cl2INO3/c17-8-5-10-12(16(22)23)15(21)13(20-14(10)11(18)6-8)7-1-3-9(19)4-2-7/h1-6,21H,(H,22,23). The van der Waals surface area contributed by atoms with Gasteiger partial charge in [-0.2, -0.15) is 0 Å². The topological polar surface area (TPSA) is 70.4 Å². The van der Waals surface area contributed by atoms with Crippen LogP contribution in [0.2, 0.25) is 10.0 Å². The van der Waals surface area contributed by atoms with Gasteiger partial charge in [0.2, 0.25) is 0 Å². The Labute approximate surface area is 154 Å². The summed E-state index contributed by atoms with van der Waals surface area (Å²) in [6.07, 6.45) is 0. The highest BCUT2D eigenvalue weighted by molar-refractivity contribution is 14.1. The first-order valence-corrected chi connectivity index (χ1v) is 8.23. The number of halogens is 3.